The first kappa shape index (κ1) is 16.5. The molecule has 7 nitrogen and oxygen atoms in total. The maximum Gasteiger partial charge on any atom is 0.274 e. The molecule has 1 aliphatic heterocycles. The predicted octanol–water partition coefficient (Wildman–Crippen LogP) is 0.726. The third kappa shape index (κ3) is 4.15. The van der Waals surface area contributed by atoms with Gasteiger partial charge in [0.05, 0.1) is 11.1 Å². The molecule has 0 aromatic carbocycles. The summed E-state index contributed by atoms with van der Waals surface area (Å²) in [5, 5.41) is 4.81. The minimum Gasteiger partial charge on any atom is -0.350 e. The molecular formula is C16H19N5O2S. The Hall–Kier alpha value is -2.32. The van der Waals surface area contributed by atoms with E-state index in [1.165, 1.54) is 23.7 Å². The Kier molecular flexibility index (Phi) is 5.50. The van der Waals surface area contributed by atoms with Crippen LogP contribution in [0.1, 0.15) is 20.2 Å². The summed E-state index contributed by atoms with van der Waals surface area (Å²) in [4.78, 5) is 36.9. The number of nitrogens with one attached hydrogen (secondary N) is 1. The summed E-state index contributed by atoms with van der Waals surface area (Å²) >= 11 is 1.44. The van der Waals surface area contributed by atoms with Crippen LogP contribution in [0.2, 0.25) is 0 Å². The highest BCUT2D eigenvalue weighted by molar-refractivity contribution is 7.12. The smallest absolute Gasteiger partial charge is 0.274 e. The summed E-state index contributed by atoms with van der Waals surface area (Å²) in [5.74, 6) is -0.102. The van der Waals surface area contributed by atoms with Crippen molar-refractivity contribution in [3.05, 3.63) is 46.7 Å². The van der Waals surface area contributed by atoms with Crippen LogP contribution in [0.3, 0.4) is 0 Å². The number of thiophene rings is 1. The third-order valence-corrected chi connectivity index (χ3v) is 4.77. The number of hydrogen-bond donors (Lipinski definition) is 1. The van der Waals surface area contributed by atoms with E-state index in [0.29, 0.717) is 25.3 Å². The molecule has 0 saturated carbocycles. The van der Waals surface area contributed by atoms with Gasteiger partial charge >= 0.3 is 0 Å². The molecule has 0 radical (unpaired) electrons. The zero-order valence-electron chi connectivity index (χ0n) is 13.2. The van der Waals surface area contributed by atoms with Gasteiger partial charge in [-0.25, -0.2) is 4.98 Å². The Bertz CT molecular complexity index is 669. The topological polar surface area (TPSA) is 78.4 Å². The molecule has 1 N–H and O–H groups in total. The summed E-state index contributed by atoms with van der Waals surface area (Å²) < 4.78 is 0. The fourth-order valence-corrected chi connectivity index (χ4v) is 3.21. The first-order chi connectivity index (χ1) is 11.7. The standard InChI is InChI=1S/C16H19N5O2S/c22-15(14-2-1-11-24-14)19-5-6-20-7-9-21(10-8-20)16(23)13-12-17-3-4-18-13/h1-4,11-12H,5-10H2,(H,19,22). The first-order valence-corrected chi connectivity index (χ1v) is 8.71. The number of nitrogens with zero attached hydrogens (tertiary/aromatic N) is 4. The van der Waals surface area contributed by atoms with Crippen LogP contribution in [0.25, 0.3) is 0 Å². The van der Waals surface area contributed by atoms with Crippen molar-refractivity contribution in [2.75, 3.05) is 39.3 Å². The molecule has 0 aliphatic carbocycles. The average molecular weight is 345 g/mol. The summed E-state index contributed by atoms with van der Waals surface area (Å²) in [6.45, 7) is 4.30. The molecule has 0 unspecified atom stereocenters. The second kappa shape index (κ2) is 7.98. The zero-order chi connectivity index (χ0) is 16.8. The van der Waals surface area contributed by atoms with Crippen LogP contribution in [0.4, 0.5) is 0 Å². The zero-order valence-corrected chi connectivity index (χ0v) is 14.0. The SMILES string of the molecule is O=C(NCCN1CCN(C(=O)c2cnccn2)CC1)c1cccs1. The molecule has 1 saturated heterocycles. The van der Waals surface area contributed by atoms with Gasteiger partial charge in [0.1, 0.15) is 5.69 Å². The van der Waals surface area contributed by atoms with Crippen molar-refractivity contribution in [3.8, 4) is 0 Å². The van der Waals surface area contributed by atoms with Crippen LogP contribution in [0.5, 0.6) is 0 Å². The summed E-state index contributed by atoms with van der Waals surface area (Å²) in [6, 6.07) is 3.68. The van der Waals surface area contributed by atoms with Gasteiger partial charge in [-0.15, -0.1) is 11.3 Å². The van der Waals surface area contributed by atoms with E-state index < -0.39 is 0 Å². The van der Waals surface area contributed by atoms with Gasteiger partial charge in [0.15, 0.2) is 0 Å². The molecule has 8 heteroatoms. The van der Waals surface area contributed by atoms with Gasteiger partial charge in [0, 0.05) is 51.7 Å². The number of hydrogen-bond acceptors (Lipinski definition) is 6. The van der Waals surface area contributed by atoms with Gasteiger partial charge in [0.2, 0.25) is 0 Å². The van der Waals surface area contributed by atoms with E-state index in [1.807, 2.05) is 17.5 Å². The molecular weight excluding hydrogens is 326 g/mol. The summed E-state index contributed by atoms with van der Waals surface area (Å²) in [5.41, 5.74) is 0.383. The van der Waals surface area contributed by atoms with Crippen molar-refractivity contribution >= 4 is 23.2 Å². The molecule has 0 spiro atoms. The van der Waals surface area contributed by atoms with Crippen LogP contribution in [0, 0.1) is 0 Å². The van der Waals surface area contributed by atoms with Gasteiger partial charge in [-0.3, -0.25) is 19.5 Å². The van der Waals surface area contributed by atoms with E-state index in [1.54, 1.807) is 11.1 Å². The van der Waals surface area contributed by atoms with E-state index in [4.69, 9.17) is 0 Å². The number of carbonyl (C=O) groups is 2. The second-order valence-electron chi connectivity index (χ2n) is 5.46. The van der Waals surface area contributed by atoms with Gasteiger partial charge < -0.3 is 10.2 Å². The molecule has 3 heterocycles. The Morgan fingerprint density at radius 2 is 2.04 bits per heavy atom. The van der Waals surface area contributed by atoms with Crippen molar-refractivity contribution < 1.29 is 9.59 Å². The van der Waals surface area contributed by atoms with Gasteiger partial charge in [0.25, 0.3) is 11.8 Å². The maximum atomic E-state index is 12.3. The highest BCUT2D eigenvalue weighted by atomic mass is 32.1. The van der Waals surface area contributed by atoms with Gasteiger partial charge in [-0.05, 0) is 11.4 Å². The normalized spacial score (nSPS) is 15.2. The van der Waals surface area contributed by atoms with E-state index in [9.17, 15) is 9.59 Å². The fraction of sp³-hybridized carbons (Fsp3) is 0.375. The molecule has 3 rings (SSSR count). The third-order valence-electron chi connectivity index (χ3n) is 3.90. The highest BCUT2D eigenvalue weighted by Crippen LogP contribution is 2.08. The van der Waals surface area contributed by atoms with Crippen LogP contribution in [-0.2, 0) is 0 Å². The number of aromatic nitrogens is 2. The van der Waals surface area contributed by atoms with Crippen LogP contribution in [0.15, 0.2) is 36.1 Å². The second-order valence-corrected chi connectivity index (χ2v) is 6.41. The summed E-state index contributed by atoms with van der Waals surface area (Å²) in [6.07, 6.45) is 4.58. The number of piperazine rings is 1. The number of amides is 2. The monoisotopic (exact) mass is 345 g/mol. The number of carbonyl (C=O) groups excluding carboxylic acids is 2. The van der Waals surface area contributed by atoms with E-state index in [2.05, 4.69) is 20.2 Å². The maximum absolute atomic E-state index is 12.3. The largest absolute Gasteiger partial charge is 0.350 e. The lowest BCUT2D eigenvalue weighted by atomic mass is 10.2. The van der Waals surface area contributed by atoms with Crippen LogP contribution >= 0.6 is 11.3 Å². The quantitative estimate of drug-likeness (QED) is 0.864. The molecule has 0 bridgehead atoms. The van der Waals surface area contributed by atoms with Crippen LogP contribution < -0.4 is 5.32 Å². The van der Waals surface area contributed by atoms with Gasteiger partial charge in [-0.2, -0.15) is 0 Å². The lowest BCUT2D eigenvalue weighted by Crippen LogP contribution is -2.50. The lowest BCUT2D eigenvalue weighted by Gasteiger charge is -2.34. The van der Waals surface area contributed by atoms with Crippen molar-refractivity contribution in [1.82, 2.24) is 25.1 Å². The first-order valence-electron chi connectivity index (χ1n) is 7.83. The Balaban J connectivity index is 1.39. The molecule has 2 aromatic rings. The van der Waals surface area contributed by atoms with Crippen molar-refractivity contribution in [2.24, 2.45) is 0 Å². The minimum absolute atomic E-state index is 0.0264. The Morgan fingerprint density at radius 1 is 1.21 bits per heavy atom. The average Bonchev–Trinajstić information content (AvgIpc) is 3.17. The minimum atomic E-state index is -0.0752. The molecule has 1 aliphatic rings. The molecule has 0 atom stereocenters. The fourth-order valence-electron chi connectivity index (χ4n) is 2.57. The van der Waals surface area contributed by atoms with E-state index in [0.717, 1.165) is 24.5 Å². The van der Waals surface area contributed by atoms with Crippen molar-refractivity contribution in [2.45, 2.75) is 0 Å². The molecule has 126 valence electrons. The molecule has 2 amide bonds. The lowest BCUT2D eigenvalue weighted by molar-refractivity contribution is 0.0632. The van der Waals surface area contributed by atoms with Gasteiger partial charge in [-0.1, -0.05) is 6.07 Å². The predicted molar refractivity (Wildman–Crippen MR) is 91.0 cm³/mol. The van der Waals surface area contributed by atoms with Crippen LogP contribution in [-0.4, -0.2) is 70.9 Å². The summed E-state index contributed by atoms with van der Waals surface area (Å²) in [7, 11) is 0. The van der Waals surface area contributed by atoms with E-state index in [-0.39, 0.29) is 11.8 Å². The molecule has 1 fully saturated rings. The highest BCUT2D eigenvalue weighted by Gasteiger charge is 2.22. The Morgan fingerprint density at radius 3 is 2.71 bits per heavy atom. The Labute approximate surface area is 144 Å². The molecule has 2 aromatic heterocycles. The van der Waals surface area contributed by atoms with Crippen molar-refractivity contribution in [3.63, 3.8) is 0 Å². The molecule has 24 heavy (non-hydrogen) atoms. The van der Waals surface area contributed by atoms with E-state index >= 15 is 0 Å². The van der Waals surface area contributed by atoms with Crippen molar-refractivity contribution in [1.29, 1.82) is 0 Å². The number of rotatable bonds is 5.